The SMILES string of the molecule is CCN1CCC[C@H]1CNCc1cc2ccccc2n1C. The molecule has 2 heterocycles. The van der Waals surface area contributed by atoms with Gasteiger partial charge in [-0.3, -0.25) is 4.90 Å². The number of hydrogen-bond acceptors (Lipinski definition) is 2. The van der Waals surface area contributed by atoms with Crippen LogP contribution in [-0.2, 0) is 13.6 Å². The molecule has 2 aromatic rings. The van der Waals surface area contributed by atoms with Crippen LogP contribution < -0.4 is 5.32 Å². The van der Waals surface area contributed by atoms with Crippen LogP contribution in [0, 0.1) is 0 Å². The molecule has 3 nitrogen and oxygen atoms in total. The zero-order valence-corrected chi connectivity index (χ0v) is 12.6. The lowest BCUT2D eigenvalue weighted by Crippen LogP contribution is -2.37. The minimum absolute atomic E-state index is 0.731. The standard InChI is InChI=1S/C17H25N3/c1-3-20-10-6-8-15(20)12-18-13-16-11-14-7-4-5-9-17(14)19(16)2/h4-5,7,9,11,15,18H,3,6,8,10,12-13H2,1-2H3/t15-/m0/s1. The predicted molar refractivity (Wildman–Crippen MR) is 84.9 cm³/mol. The second kappa shape index (κ2) is 5.98. The Hall–Kier alpha value is -1.32. The van der Waals surface area contributed by atoms with Gasteiger partial charge in [0.1, 0.15) is 0 Å². The van der Waals surface area contributed by atoms with Crippen LogP contribution in [-0.4, -0.2) is 35.1 Å². The first-order chi connectivity index (χ1) is 9.79. The highest BCUT2D eigenvalue weighted by Crippen LogP contribution is 2.19. The summed E-state index contributed by atoms with van der Waals surface area (Å²) in [4.78, 5) is 2.59. The highest BCUT2D eigenvalue weighted by molar-refractivity contribution is 5.81. The maximum absolute atomic E-state index is 3.65. The molecule has 108 valence electrons. The first kappa shape index (κ1) is 13.7. The van der Waals surface area contributed by atoms with E-state index in [-0.39, 0.29) is 0 Å². The molecular formula is C17H25N3. The lowest BCUT2D eigenvalue weighted by atomic mass is 10.2. The number of likely N-dealkylation sites (tertiary alicyclic amines) is 1. The van der Waals surface area contributed by atoms with Crippen LogP contribution >= 0.6 is 0 Å². The summed E-state index contributed by atoms with van der Waals surface area (Å²) in [7, 11) is 2.16. The smallest absolute Gasteiger partial charge is 0.0480 e. The molecule has 1 N–H and O–H groups in total. The topological polar surface area (TPSA) is 20.2 Å². The number of nitrogens with zero attached hydrogens (tertiary/aromatic N) is 2. The van der Waals surface area contributed by atoms with Gasteiger partial charge in [-0.2, -0.15) is 0 Å². The number of rotatable bonds is 5. The van der Waals surface area contributed by atoms with E-state index >= 15 is 0 Å². The summed E-state index contributed by atoms with van der Waals surface area (Å²) < 4.78 is 2.30. The second-order valence-electron chi connectivity index (χ2n) is 5.81. The van der Waals surface area contributed by atoms with Crippen LogP contribution in [0.25, 0.3) is 10.9 Å². The Morgan fingerprint density at radius 3 is 2.95 bits per heavy atom. The van der Waals surface area contributed by atoms with Gasteiger partial charge in [0, 0.05) is 37.4 Å². The molecule has 1 aliphatic heterocycles. The quantitative estimate of drug-likeness (QED) is 0.902. The fourth-order valence-corrected chi connectivity index (χ4v) is 3.43. The molecule has 0 bridgehead atoms. The van der Waals surface area contributed by atoms with Gasteiger partial charge in [-0.15, -0.1) is 0 Å². The zero-order valence-electron chi connectivity index (χ0n) is 12.6. The summed E-state index contributed by atoms with van der Waals surface area (Å²) in [5.74, 6) is 0. The molecule has 1 aromatic heterocycles. The fourth-order valence-electron chi connectivity index (χ4n) is 3.43. The van der Waals surface area contributed by atoms with Crippen LogP contribution in [0.3, 0.4) is 0 Å². The Morgan fingerprint density at radius 2 is 2.15 bits per heavy atom. The maximum atomic E-state index is 3.65. The molecule has 1 aromatic carbocycles. The van der Waals surface area contributed by atoms with E-state index in [9.17, 15) is 0 Å². The van der Waals surface area contributed by atoms with Crippen molar-refractivity contribution in [3.05, 3.63) is 36.0 Å². The fraction of sp³-hybridized carbons (Fsp3) is 0.529. The van der Waals surface area contributed by atoms with Gasteiger partial charge in [0.25, 0.3) is 0 Å². The Morgan fingerprint density at radius 1 is 1.30 bits per heavy atom. The Balaban J connectivity index is 1.61. The van der Waals surface area contributed by atoms with Gasteiger partial charge in [-0.05, 0) is 43.5 Å². The molecule has 1 atom stereocenters. The third kappa shape index (κ3) is 2.60. The van der Waals surface area contributed by atoms with E-state index < -0.39 is 0 Å². The number of fused-ring (bicyclic) bond motifs is 1. The first-order valence-electron chi connectivity index (χ1n) is 7.77. The van der Waals surface area contributed by atoms with Gasteiger partial charge in [0.15, 0.2) is 0 Å². The molecule has 3 rings (SSSR count). The third-order valence-electron chi connectivity index (χ3n) is 4.64. The minimum atomic E-state index is 0.731. The van der Waals surface area contributed by atoms with Crippen LogP contribution in [0.2, 0.25) is 0 Å². The number of aryl methyl sites for hydroxylation is 1. The Labute approximate surface area is 121 Å². The zero-order chi connectivity index (χ0) is 13.9. The highest BCUT2D eigenvalue weighted by Gasteiger charge is 2.22. The van der Waals surface area contributed by atoms with Crippen molar-refractivity contribution in [3.63, 3.8) is 0 Å². The van der Waals surface area contributed by atoms with E-state index in [1.54, 1.807) is 0 Å². The summed E-state index contributed by atoms with van der Waals surface area (Å²) in [6.45, 7) is 6.79. The van der Waals surface area contributed by atoms with Crippen molar-refractivity contribution in [2.45, 2.75) is 32.4 Å². The van der Waals surface area contributed by atoms with Gasteiger partial charge in [0.05, 0.1) is 0 Å². The number of para-hydroxylation sites is 1. The highest BCUT2D eigenvalue weighted by atomic mass is 15.2. The maximum Gasteiger partial charge on any atom is 0.0480 e. The van der Waals surface area contributed by atoms with Crippen LogP contribution in [0.4, 0.5) is 0 Å². The molecule has 20 heavy (non-hydrogen) atoms. The summed E-state index contributed by atoms with van der Waals surface area (Å²) in [5, 5.41) is 4.98. The van der Waals surface area contributed by atoms with Gasteiger partial charge >= 0.3 is 0 Å². The van der Waals surface area contributed by atoms with Gasteiger partial charge in [-0.1, -0.05) is 25.1 Å². The number of hydrogen-bond donors (Lipinski definition) is 1. The molecule has 0 radical (unpaired) electrons. The van der Waals surface area contributed by atoms with E-state index in [1.165, 1.54) is 42.5 Å². The van der Waals surface area contributed by atoms with Crippen LogP contribution in [0.15, 0.2) is 30.3 Å². The third-order valence-corrected chi connectivity index (χ3v) is 4.64. The van der Waals surface area contributed by atoms with Gasteiger partial charge in [0.2, 0.25) is 0 Å². The Kier molecular flexibility index (Phi) is 4.08. The molecule has 1 fully saturated rings. The summed E-state index contributed by atoms with van der Waals surface area (Å²) >= 11 is 0. The van der Waals surface area contributed by atoms with Crippen LogP contribution in [0.1, 0.15) is 25.5 Å². The molecular weight excluding hydrogens is 246 g/mol. The molecule has 1 saturated heterocycles. The molecule has 0 saturated carbocycles. The monoisotopic (exact) mass is 271 g/mol. The largest absolute Gasteiger partial charge is 0.346 e. The molecule has 0 unspecified atom stereocenters. The molecule has 3 heteroatoms. The summed E-state index contributed by atoms with van der Waals surface area (Å²) in [5.41, 5.74) is 2.69. The lowest BCUT2D eigenvalue weighted by Gasteiger charge is -2.23. The summed E-state index contributed by atoms with van der Waals surface area (Å²) in [6.07, 6.45) is 2.70. The van der Waals surface area contributed by atoms with Crippen LogP contribution in [0.5, 0.6) is 0 Å². The van der Waals surface area contributed by atoms with E-state index in [4.69, 9.17) is 0 Å². The van der Waals surface area contributed by atoms with Crippen molar-refractivity contribution < 1.29 is 0 Å². The van der Waals surface area contributed by atoms with E-state index in [1.807, 2.05) is 0 Å². The van der Waals surface area contributed by atoms with Crippen molar-refractivity contribution >= 4 is 10.9 Å². The van der Waals surface area contributed by atoms with Crippen molar-refractivity contribution in [2.75, 3.05) is 19.6 Å². The van der Waals surface area contributed by atoms with Crippen molar-refractivity contribution in [3.8, 4) is 0 Å². The molecule has 0 spiro atoms. The van der Waals surface area contributed by atoms with Crippen molar-refractivity contribution in [1.29, 1.82) is 0 Å². The second-order valence-corrected chi connectivity index (χ2v) is 5.81. The number of aromatic nitrogens is 1. The van der Waals surface area contributed by atoms with E-state index in [0.29, 0.717) is 0 Å². The summed E-state index contributed by atoms with van der Waals surface area (Å²) in [6, 6.07) is 11.6. The van der Waals surface area contributed by atoms with Gasteiger partial charge < -0.3 is 9.88 Å². The molecule has 1 aliphatic rings. The average molecular weight is 271 g/mol. The van der Waals surface area contributed by atoms with E-state index in [0.717, 1.165) is 19.1 Å². The first-order valence-corrected chi connectivity index (χ1v) is 7.77. The predicted octanol–water partition coefficient (Wildman–Crippen LogP) is 2.75. The lowest BCUT2D eigenvalue weighted by molar-refractivity contribution is 0.259. The Bertz CT molecular complexity index is 573. The number of benzene rings is 1. The normalized spacial score (nSPS) is 20.0. The van der Waals surface area contributed by atoms with Gasteiger partial charge in [-0.25, -0.2) is 0 Å². The van der Waals surface area contributed by atoms with E-state index in [2.05, 4.69) is 59.1 Å². The van der Waals surface area contributed by atoms with Crippen molar-refractivity contribution in [2.24, 2.45) is 7.05 Å². The molecule has 0 amide bonds. The number of likely N-dealkylation sites (N-methyl/N-ethyl adjacent to an activating group) is 1. The molecule has 0 aliphatic carbocycles. The van der Waals surface area contributed by atoms with Crippen molar-refractivity contribution in [1.82, 2.24) is 14.8 Å². The number of nitrogens with one attached hydrogen (secondary N) is 1. The average Bonchev–Trinajstić information content (AvgIpc) is 3.05. The minimum Gasteiger partial charge on any atom is -0.346 e.